The molecular weight excluding hydrogens is 351 g/mol. The summed E-state index contributed by atoms with van der Waals surface area (Å²) in [5.74, 6) is -1.32. The third-order valence-corrected chi connectivity index (χ3v) is 3.89. The van der Waals surface area contributed by atoms with Crippen LogP contribution in [0.5, 0.6) is 0 Å². The molecule has 0 aliphatic carbocycles. The fraction of sp³-hybridized carbons (Fsp3) is 0.500. The summed E-state index contributed by atoms with van der Waals surface area (Å²) in [4.78, 5) is 27.9. The number of carboxylic acids is 1. The Kier molecular flexibility index (Phi) is 5.53. The molecule has 1 amide bonds. The summed E-state index contributed by atoms with van der Waals surface area (Å²) >= 11 is 5.92. The number of alkyl halides is 3. The van der Waals surface area contributed by atoms with E-state index in [4.69, 9.17) is 16.7 Å². The molecule has 1 aromatic rings. The Balaban J connectivity index is 2.12. The van der Waals surface area contributed by atoms with Crippen molar-refractivity contribution in [3.63, 3.8) is 0 Å². The molecule has 0 aromatic carbocycles. The number of hydrogen-bond donors (Lipinski definition) is 2. The lowest BCUT2D eigenvalue weighted by Crippen LogP contribution is -2.44. The number of anilines is 1. The van der Waals surface area contributed by atoms with Gasteiger partial charge in [0.1, 0.15) is 11.9 Å². The Morgan fingerprint density at radius 3 is 2.75 bits per heavy atom. The molecule has 1 aromatic heterocycles. The number of nitrogens with one attached hydrogen (secondary N) is 1. The summed E-state index contributed by atoms with van der Waals surface area (Å²) in [6.45, 7) is 0.405. The summed E-state index contributed by atoms with van der Waals surface area (Å²) in [6, 6.07) is 0.141. The average Bonchev–Trinajstić information content (AvgIpc) is 2.94. The summed E-state index contributed by atoms with van der Waals surface area (Å²) < 4.78 is 38.0. The molecule has 132 valence electrons. The van der Waals surface area contributed by atoms with Gasteiger partial charge in [-0.3, -0.25) is 9.59 Å². The lowest BCUT2D eigenvalue weighted by Gasteiger charge is -2.26. The zero-order valence-electron chi connectivity index (χ0n) is 12.4. The first-order chi connectivity index (χ1) is 11.2. The number of nitrogens with zero attached hydrogens (tertiary/aromatic N) is 2. The molecule has 1 fully saturated rings. The molecule has 1 aliphatic heterocycles. The Bertz CT molecular complexity index is 639. The number of pyridine rings is 1. The molecule has 0 saturated carbocycles. The van der Waals surface area contributed by atoms with Crippen LogP contribution in [0.15, 0.2) is 12.3 Å². The van der Waals surface area contributed by atoms with Gasteiger partial charge in [0.25, 0.3) is 0 Å². The van der Waals surface area contributed by atoms with E-state index in [1.165, 1.54) is 0 Å². The van der Waals surface area contributed by atoms with E-state index in [9.17, 15) is 22.8 Å². The van der Waals surface area contributed by atoms with E-state index in [2.05, 4.69) is 10.3 Å². The zero-order chi connectivity index (χ0) is 17.9. The molecule has 2 heterocycles. The van der Waals surface area contributed by atoms with Crippen LogP contribution in [0, 0.1) is 0 Å². The van der Waals surface area contributed by atoms with Crippen LogP contribution in [0.4, 0.5) is 19.0 Å². The zero-order valence-corrected chi connectivity index (χ0v) is 13.2. The summed E-state index contributed by atoms with van der Waals surface area (Å²) in [7, 11) is 0. The largest absolute Gasteiger partial charge is 0.481 e. The Labute approximate surface area is 140 Å². The van der Waals surface area contributed by atoms with Gasteiger partial charge in [0, 0.05) is 19.3 Å². The topological polar surface area (TPSA) is 82.5 Å². The van der Waals surface area contributed by atoms with Gasteiger partial charge >= 0.3 is 12.1 Å². The molecule has 1 saturated heterocycles. The molecule has 0 spiro atoms. The van der Waals surface area contributed by atoms with Gasteiger partial charge in [-0.15, -0.1) is 0 Å². The SMILES string of the molecule is O=C(O)CCNC(=O)[C@H]1CCCN1c1ncc(C(F)(F)F)cc1Cl. The minimum Gasteiger partial charge on any atom is -0.481 e. The van der Waals surface area contributed by atoms with Crippen molar-refractivity contribution in [3.8, 4) is 0 Å². The second kappa shape index (κ2) is 7.25. The number of carboxylic acid groups (broad SMARTS) is 1. The smallest absolute Gasteiger partial charge is 0.417 e. The Morgan fingerprint density at radius 2 is 2.17 bits per heavy atom. The van der Waals surface area contributed by atoms with Crippen LogP contribution in [0.2, 0.25) is 5.02 Å². The van der Waals surface area contributed by atoms with Crippen molar-refractivity contribution >= 4 is 29.3 Å². The van der Waals surface area contributed by atoms with Crippen molar-refractivity contribution in [1.29, 1.82) is 0 Å². The van der Waals surface area contributed by atoms with Crippen molar-refractivity contribution in [2.75, 3.05) is 18.0 Å². The maximum atomic E-state index is 12.7. The van der Waals surface area contributed by atoms with Gasteiger partial charge in [-0.2, -0.15) is 13.2 Å². The van der Waals surface area contributed by atoms with E-state index in [0.717, 1.165) is 6.07 Å². The summed E-state index contributed by atoms with van der Waals surface area (Å²) in [6.07, 6.45) is -2.95. The highest BCUT2D eigenvalue weighted by atomic mass is 35.5. The van der Waals surface area contributed by atoms with Crippen molar-refractivity contribution in [1.82, 2.24) is 10.3 Å². The van der Waals surface area contributed by atoms with Gasteiger partial charge < -0.3 is 15.3 Å². The van der Waals surface area contributed by atoms with Crippen LogP contribution < -0.4 is 10.2 Å². The molecule has 2 rings (SSSR count). The second-order valence-electron chi connectivity index (χ2n) is 5.31. The maximum Gasteiger partial charge on any atom is 0.417 e. The highest BCUT2D eigenvalue weighted by Gasteiger charge is 2.35. The van der Waals surface area contributed by atoms with E-state index in [1.807, 2.05) is 0 Å². The van der Waals surface area contributed by atoms with Gasteiger partial charge in [-0.25, -0.2) is 4.98 Å². The number of aromatic nitrogens is 1. The van der Waals surface area contributed by atoms with E-state index < -0.39 is 29.7 Å². The molecule has 10 heteroatoms. The third-order valence-electron chi connectivity index (χ3n) is 3.61. The van der Waals surface area contributed by atoms with Gasteiger partial charge in [-0.1, -0.05) is 11.6 Å². The average molecular weight is 366 g/mol. The van der Waals surface area contributed by atoms with Gasteiger partial charge in [0.15, 0.2) is 0 Å². The van der Waals surface area contributed by atoms with Crippen molar-refractivity contribution in [3.05, 3.63) is 22.8 Å². The number of rotatable bonds is 5. The molecule has 0 bridgehead atoms. The number of carbonyl (C=O) groups is 2. The van der Waals surface area contributed by atoms with Crippen molar-refractivity contribution < 1.29 is 27.9 Å². The monoisotopic (exact) mass is 365 g/mol. The first kappa shape index (κ1) is 18.3. The van der Waals surface area contributed by atoms with Crippen LogP contribution in [0.1, 0.15) is 24.8 Å². The number of amides is 1. The first-order valence-electron chi connectivity index (χ1n) is 7.19. The Hall–Kier alpha value is -2.03. The molecule has 24 heavy (non-hydrogen) atoms. The first-order valence-corrected chi connectivity index (χ1v) is 7.57. The standard InChI is InChI=1S/C14H15ClF3N3O3/c15-9-6-8(14(16,17)18)7-20-12(9)21-5-1-2-10(21)13(24)19-4-3-11(22)23/h6-7,10H,1-5H2,(H,19,24)(H,22,23)/t10-/m1/s1. The van der Waals surface area contributed by atoms with E-state index in [1.54, 1.807) is 4.90 Å². The van der Waals surface area contributed by atoms with E-state index >= 15 is 0 Å². The summed E-state index contributed by atoms with van der Waals surface area (Å²) in [5, 5.41) is 10.9. The minimum atomic E-state index is -4.55. The van der Waals surface area contributed by atoms with Crippen molar-refractivity contribution in [2.45, 2.75) is 31.5 Å². The minimum absolute atomic E-state index is 0.0212. The highest BCUT2D eigenvalue weighted by molar-refractivity contribution is 6.33. The fourth-order valence-electron chi connectivity index (χ4n) is 2.50. The number of halogens is 4. The van der Waals surface area contributed by atoms with Crippen LogP contribution in [-0.2, 0) is 15.8 Å². The summed E-state index contributed by atoms with van der Waals surface area (Å²) in [5.41, 5.74) is -0.960. The molecular formula is C14H15ClF3N3O3. The molecule has 0 radical (unpaired) electrons. The van der Waals surface area contributed by atoms with Crippen LogP contribution >= 0.6 is 11.6 Å². The number of aliphatic carboxylic acids is 1. The predicted octanol–water partition coefficient (Wildman–Crippen LogP) is 2.31. The van der Waals surface area contributed by atoms with Crippen LogP contribution in [0.3, 0.4) is 0 Å². The molecule has 1 aliphatic rings. The van der Waals surface area contributed by atoms with Crippen LogP contribution in [0.25, 0.3) is 0 Å². The normalized spacial score (nSPS) is 17.8. The predicted molar refractivity (Wildman–Crippen MR) is 79.9 cm³/mol. The van der Waals surface area contributed by atoms with E-state index in [-0.39, 0.29) is 23.8 Å². The lowest BCUT2D eigenvalue weighted by molar-refractivity contribution is -0.138. The van der Waals surface area contributed by atoms with E-state index in [0.29, 0.717) is 25.6 Å². The Morgan fingerprint density at radius 1 is 1.46 bits per heavy atom. The second-order valence-corrected chi connectivity index (χ2v) is 5.72. The quantitative estimate of drug-likeness (QED) is 0.836. The highest BCUT2D eigenvalue weighted by Crippen LogP contribution is 2.35. The number of carbonyl (C=O) groups excluding carboxylic acids is 1. The lowest BCUT2D eigenvalue weighted by atomic mass is 10.2. The van der Waals surface area contributed by atoms with Gasteiger partial charge in [-0.05, 0) is 18.9 Å². The molecule has 2 N–H and O–H groups in total. The van der Waals surface area contributed by atoms with Gasteiger partial charge in [0.2, 0.25) is 5.91 Å². The molecule has 0 unspecified atom stereocenters. The van der Waals surface area contributed by atoms with Gasteiger partial charge in [0.05, 0.1) is 17.0 Å². The molecule has 1 atom stereocenters. The maximum absolute atomic E-state index is 12.7. The fourth-order valence-corrected chi connectivity index (χ4v) is 2.78. The third kappa shape index (κ3) is 4.28. The molecule has 6 nitrogen and oxygen atoms in total. The van der Waals surface area contributed by atoms with Crippen molar-refractivity contribution in [2.24, 2.45) is 0 Å². The van der Waals surface area contributed by atoms with Crippen LogP contribution in [-0.4, -0.2) is 41.1 Å². The number of hydrogen-bond acceptors (Lipinski definition) is 4.